The maximum Gasteiger partial charge on any atom is 0.162 e. The van der Waals surface area contributed by atoms with Gasteiger partial charge in [-0.15, -0.1) is 0 Å². The Hall–Kier alpha value is -1.45. The number of hydrogen-bond acceptors (Lipinski definition) is 3. The van der Waals surface area contributed by atoms with Crippen molar-refractivity contribution in [2.75, 3.05) is 6.61 Å². The van der Waals surface area contributed by atoms with Gasteiger partial charge in [-0.3, -0.25) is 4.79 Å². The molecule has 3 atom stereocenters. The van der Waals surface area contributed by atoms with E-state index in [1.54, 1.807) is 0 Å². The maximum atomic E-state index is 12.2. The third kappa shape index (κ3) is 6.29. The third-order valence-electron chi connectivity index (χ3n) is 5.84. The van der Waals surface area contributed by atoms with Gasteiger partial charge in [-0.2, -0.15) is 0 Å². The summed E-state index contributed by atoms with van der Waals surface area (Å²) in [5.74, 6) is 1.30. The summed E-state index contributed by atoms with van der Waals surface area (Å²) >= 11 is 0. The van der Waals surface area contributed by atoms with Gasteiger partial charge < -0.3 is 9.47 Å². The van der Waals surface area contributed by atoms with Crippen molar-refractivity contribution in [2.45, 2.75) is 77.6 Å². The van der Waals surface area contributed by atoms with Gasteiger partial charge in [0.1, 0.15) is 0 Å². The first kappa shape index (κ1) is 20.3. The molecule has 1 aliphatic carbocycles. The Kier molecular flexibility index (Phi) is 7.66. The number of rotatable bonds is 8. The number of carbonyl (C=O) groups excluding carboxylic acids is 1. The smallest absolute Gasteiger partial charge is 0.162 e. The van der Waals surface area contributed by atoms with Crippen molar-refractivity contribution in [1.29, 1.82) is 0 Å². The molecule has 0 bridgehead atoms. The molecule has 148 valence electrons. The quantitative estimate of drug-likeness (QED) is 0.419. The zero-order chi connectivity index (χ0) is 19.1. The SMILES string of the molecule is C/C(=C/C1CCCCC1)CC(C)C1OCC(CCC(=O)c2ccccc2)O1. The molecule has 0 N–H and O–H groups in total. The van der Waals surface area contributed by atoms with Gasteiger partial charge in [-0.1, -0.05) is 68.2 Å². The largest absolute Gasteiger partial charge is 0.350 e. The summed E-state index contributed by atoms with van der Waals surface area (Å²) in [5, 5.41) is 0. The number of Topliss-reactive ketones (excluding diaryl/α,β-unsaturated/α-hetero) is 1. The van der Waals surface area contributed by atoms with E-state index in [1.807, 2.05) is 30.3 Å². The average Bonchev–Trinajstić information content (AvgIpc) is 3.17. The fourth-order valence-corrected chi connectivity index (χ4v) is 4.36. The molecule has 3 rings (SSSR count). The molecule has 3 nitrogen and oxygen atoms in total. The van der Waals surface area contributed by atoms with Crippen LogP contribution in [0.3, 0.4) is 0 Å². The van der Waals surface area contributed by atoms with Crippen molar-refractivity contribution < 1.29 is 14.3 Å². The van der Waals surface area contributed by atoms with Gasteiger partial charge in [0.15, 0.2) is 12.1 Å². The van der Waals surface area contributed by atoms with Crippen LogP contribution in [-0.4, -0.2) is 24.8 Å². The lowest BCUT2D eigenvalue weighted by atomic mass is 9.87. The second kappa shape index (κ2) is 10.2. The Labute approximate surface area is 164 Å². The molecule has 27 heavy (non-hydrogen) atoms. The molecule has 1 aliphatic heterocycles. The molecule has 2 aliphatic rings. The summed E-state index contributed by atoms with van der Waals surface area (Å²) in [6, 6.07) is 9.50. The van der Waals surface area contributed by atoms with Crippen molar-refractivity contribution >= 4 is 5.78 Å². The molecular weight excluding hydrogens is 336 g/mol. The molecular formula is C24H34O3. The van der Waals surface area contributed by atoms with E-state index >= 15 is 0 Å². The average molecular weight is 371 g/mol. The van der Waals surface area contributed by atoms with E-state index in [1.165, 1.54) is 37.7 Å². The lowest BCUT2D eigenvalue weighted by Gasteiger charge is -2.22. The van der Waals surface area contributed by atoms with Crippen LogP contribution in [0.15, 0.2) is 42.0 Å². The van der Waals surface area contributed by atoms with Crippen molar-refractivity contribution in [3.63, 3.8) is 0 Å². The summed E-state index contributed by atoms with van der Waals surface area (Å²) in [6.07, 6.45) is 11.5. The zero-order valence-electron chi connectivity index (χ0n) is 16.9. The van der Waals surface area contributed by atoms with Gasteiger partial charge in [0, 0.05) is 17.9 Å². The van der Waals surface area contributed by atoms with E-state index in [-0.39, 0.29) is 18.2 Å². The zero-order valence-corrected chi connectivity index (χ0v) is 16.9. The Morgan fingerprint density at radius 2 is 1.93 bits per heavy atom. The van der Waals surface area contributed by atoms with Gasteiger partial charge in [0.2, 0.25) is 0 Å². The van der Waals surface area contributed by atoms with Crippen LogP contribution < -0.4 is 0 Å². The van der Waals surface area contributed by atoms with Crippen LogP contribution in [0.1, 0.15) is 75.6 Å². The van der Waals surface area contributed by atoms with E-state index < -0.39 is 0 Å². The number of ether oxygens (including phenoxy) is 2. The molecule has 2 fully saturated rings. The van der Waals surface area contributed by atoms with Crippen LogP contribution in [0.25, 0.3) is 0 Å². The first-order valence-electron chi connectivity index (χ1n) is 10.6. The Bertz CT molecular complexity index is 616. The Morgan fingerprint density at radius 3 is 2.67 bits per heavy atom. The van der Waals surface area contributed by atoms with Crippen LogP contribution in [-0.2, 0) is 9.47 Å². The second-order valence-corrected chi connectivity index (χ2v) is 8.38. The number of ketones is 1. The summed E-state index contributed by atoms with van der Waals surface area (Å²) in [7, 11) is 0. The summed E-state index contributed by atoms with van der Waals surface area (Å²) in [6.45, 7) is 5.05. The minimum Gasteiger partial charge on any atom is -0.350 e. The van der Waals surface area contributed by atoms with Gasteiger partial charge in [-0.05, 0) is 38.5 Å². The van der Waals surface area contributed by atoms with Gasteiger partial charge in [0.25, 0.3) is 0 Å². The Morgan fingerprint density at radius 1 is 1.19 bits per heavy atom. The monoisotopic (exact) mass is 370 g/mol. The molecule has 1 saturated carbocycles. The highest BCUT2D eigenvalue weighted by Gasteiger charge is 2.30. The molecule has 1 heterocycles. The molecule has 3 heteroatoms. The lowest BCUT2D eigenvalue weighted by Crippen LogP contribution is -2.21. The van der Waals surface area contributed by atoms with Crippen LogP contribution in [0.4, 0.5) is 0 Å². The van der Waals surface area contributed by atoms with E-state index in [2.05, 4.69) is 19.9 Å². The van der Waals surface area contributed by atoms with E-state index in [9.17, 15) is 4.79 Å². The highest BCUT2D eigenvalue weighted by Crippen LogP contribution is 2.29. The standard InChI is InChI=1S/C24H34O3/c1-18(16-20-9-5-3-6-10-20)15-19(2)24-26-17-22(27-24)13-14-23(25)21-11-7-4-8-12-21/h4,7-8,11-12,16,19-20,22,24H,3,5-6,9-10,13-15,17H2,1-2H3/b18-16-. The summed E-state index contributed by atoms with van der Waals surface area (Å²) in [5.41, 5.74) is 2.24. The predicted molar refractivity (Wildman–Crippen MR) is 109 cm³/mol. The minimum absolute atomic E-state index is 0.0349. The van der Waals surface area contributed by atoms with Crippen molar-refractivity contribution in [3.8, 4) is 0 Å². The molecule has 1 aromatic carbocycles. The second-order valence-electron chi connectivity index (χ2n) is 8.38. The lowest BCUT2D eigenvalue weighted by molar-refractivity contribution is -0.0922. The molecule has 1 saturated heterocycles. The minimum atomic E-state index is -0.142. The molecule has 0 amide bonds. The first-order valence-corrected chi connectivity index (χ1v) is 10.6. The molecule has 0 radical (unpaired) electrons. The van der Waals surface area contributed by atoms with Gasteiger partial charge in [-0.25, -0.2) is 0 Å². The van der Waals surface area contributed by atoms with Crippen LogP contribution in [0.5, 0.6) is 0 Å². The predicted octanol–water partition coefficient (Wildman–Crippen LogP) is 5.94. The highest BCUT2D eigenvalue weighted by molar-refractivity contribution is 5.95. The maximum absolute atomic E-state index is 12.2. The molecule has 1 aromatic rings. The first-order chi connectivity index (χ1) is 13.1. The van der Waals surface area contributed by atoms with Crippen molar-refractivity contribution in [1.82, 2.24) is 0 Å². The van der Waals surface area contributed by atoms with Crippen molar-refractivity contribution in [3.05, 3.63) is 47.5 Å². The van der Waals surface area contributed by atoms with Crippen molar-refractivity contribution in [2.24, 2.45) is 11.8 Å². The fraction of sp³-hybridized carbons (Fsp3) is 0.625. The van der Waals surface area contributed by atoms with Crippen LogP contribution in [0.2, 0.25) is 0 Å². The number of benzene rings is 1. The number of hydrogen-bond donors (Lipinski definition) is 0. The molecule has 0 aromatic heterocycles. The van der Waals surface area contributed by atoms with Crippen LogP contribution >= 0.6 is 0 Å². The summed E-state index contributed by atoms with van der Waals surface area (Å²) < 4.78 is 12.0. The van der Waals surface area contributed by atoms with E-state index in [0.717, 1.165) is 24.3 Å². The van der Waals surface area contributed by atoms with E-state index in [0.29, 0.717) is 18.9 Å². The summed E-state index contributed by atoms with van der Waals surface area (Å²) in [4.78, 5) is 12.2. The number of carbonyl (C=O) groups is 1. The van der Waals surface area contributed by atoms with Gasteiger partial charge in [0.05, 0.1) is 12.7 Å². The third-order valence-corrected chi connectivity index (χ3v) is 5.84. The fourth-order valence-electron chi connectivity index (χ4n) is 4.36. The Balaban J connectivity index is 1.40. The highest BCUT2D eigenvalue weighted by atomic mass is 16.7. The molecule has 3 unspecified atom stereocenters. The topological polar surface area (TPSA) is 35.5 Å². The normalized spacial score (nSPS) is 25.5. The number of allylic oxidation sites excluding steroid dienone is 2. The van der Waals surface area contributed by atoms with Crippen LogP contribution in [0, 0.1) is 11.8 Å². The van der Waals surface area contributed by atoms with E-state index in [4.69, 9.17) is 9.47 Å². The van der Waals surface area contributed by atoms with Gasteiger partial charge >= 0.3 is 0 Å². The molecule has 0 spiro atoms.